The van der Waals surface area contributed by atoms with Gasteiger partial charge >= 0.3 is 0 Å². The summed E-state index contributed by atoms with van der Waals surface area (Å²) in [6.07, 6.45) is 4.39. The Labute approximate surface area is 149 Å². The Balaban J connectivity index is 1.71. The highest BCUT2D eigenvalue weighted by Gasteiger charge is 2.32. The molecular formula is C20H26N4O. The summed E-state index contributed by atoms with van der Waals surface area (Å²) in [5.41, 5.74) is 5.98. The summed E-state index contributed by atoms with van der Waals surface area (Å²) in [6.45, 7) is 6.49. The lowest BCUT2D eigenvalue weighted by atomic mass is 9.83. The van der Waals surface area contributed by atoms with Gasteiger partial charge in [-0.2, -0.15) is 5.10 Å². The maximum atomic E-state index is 12.2. The molecule has 2 aliphatic rings. The lowest BCUT2D eigenvalue weighted by Gasteiger charge is -2.30. The number of benzene rings is 1. The number of fused-ring (bicyclic) bond motifs is 1. The molecular weight excluding hydrogens is 312 g/mol. The number of amides is 1. The summed E-state index contributed by atoms with van der Waals surface area (Å²) in [5.74, 6) is 1.01. The molecule has 0 radical (unpaired) electrons. The van der Waals surface area contributed by atoms with E-state index in [1.807, 2.05) is 14.0 Å². The summed E-state index contributed by atoms with van der Waals surface area (Å²) in [5, 5.41) is 7.50. The van der Waals surface area contributed by atoms with Gasteiger partial charge in [0.25, 0.3) is 0 Å². The molecule has 0 saturated carbocycles. The first-order valence-corrected chi connectivity index (χ1v) is 9.23. The third kappa shape index (κ3) is 2.81. The molecule has 5 heteroatoms. The number of aryl methyl sites for hydroxylation is 3. The third-order valence-electron chi connectivity index (χ3n) is 5.61. The summed E-state index contributed by atoms with van der Waals surface area (Å²) in [6, 6.07) is 6.74. The molecule has 25 heavy (non-hydrogen) atoms. The Bertz CT molecular complexity index is 817. The van der Waals surface area contributed by atoms with Crippen molar-refractivity contribution in [3.8, 4) is 0 Å². The van der Waals surface area contributed by atoms with Crippen LogP contribution in [-0.2, 0) is 11.8 Å². The normalized spacial score (nSPS) is 20.4. The molecule has 1 atom stereocenters. The fourth-order valence-electron chi connectivity index (χ4n) is 4.38. The Hall–Kier alpha value is -2.30. The van der Waals surface area contributed by atoms with Crippen LogP contribution in [0.3, 0.4) is 0 Å². The second-order valence-electron chi connectivity index (χ2n) is 7.36. The molecule has 0 aliphatic carbocycles. The van der Waals surface area contributed by atoms with Crippen molar-refractivity contribution in [1.82, 2.24) is 9.78 Å². The van der Waals surface area contributed by atoms with Crippen molar-refractivity contribution in [3.05, 3.63) is 40.6 Å². The van der Waals surface area contributed by atoms with Gasteiger partial charge in [-0.3, -0.25) is 9.48 Å². The second kappa shape index (κ2) is 6.21. The van der Waals surface area contributed by atoms with Gasteiger partial charge in [-0.05, 0) is 56.4 Å². The lowest BCUT2D eigenvalue weighted by Crippen LogP contribution is -2.29. The van der Waals surface area contributed by atoms with E-state index in [0.29, 0.717) is 6.42 Å². The Morgan fingerprint density at radius 2 is 1.92 bits per heavy atom. The smallest absolute Gasteiger partial charge is 0.226 e. The van der Waals surface area contributed by atoms with Gasteiger partial charge < -0.3 is 10.2 Å². The summed E-state index contributed by atoms with van der Waals surface area (Å²) in [7, 11) is 1.89. The lowest BCUT2D eigenvalue weighted by molar-refractivity contribution is -0.116. The number of piperidine rings is 1. The highest BCUT2D eigenvalue weighted by atomic mass is 16.1. The first-order chi connectivity index (χ1) is 12.0. The quantitative estimate of drug-likeness (QED) is 0.912. The zero-order chi connectivity index (χ0) is 17.6. The first-order valence-electron chi connectivity index (χ1n) is 9.23. The van der Waals surface area contributed by atoms with Crippen LogP contribution >= 0.6 is 0 Å². The van der Waals surface area contributed by atoms with E-state index in [9.17, 15) is 4.79 Å². The maximum Gasteiger partial charge on any atom is 0.226 e. The molecule has 4 rings (SSSR count). The van der Waals surface area contributed by atoms with Crippen molar-refractivity contribution in [2.45, 2.75) is 45.4 Å². The topological polar surface area (TPSA) is 50.2 Å². The summed E-state index contributed by atoms with van der Waals surface area (Å²) >= 11 is 0. The third-order valence-corrected chi connectivity index (χ3v) is 5.61. The van der Waals surface area contributed by atoms with Crippen LogP contribution in [0.4, 0.5) is 11.5 Å². The van der Waals surface area contributed by atoms with E-state index in [2.05, 4.69) is 40.4 Å². The van der Waals surface area contributed by atoms with Crippen molar-refractivity contribution in [2.24, 2.45) is 7.05 Å². The number of carbonyl (C=O) groups excluding carboxylic acids is 1. The number of rotatable bonds is 2. The average molecular weight is 338 g/mol. The zero-order valence-corrected chi connectivity index (χ0v) is 15.3. The van der Waals surface area contributed by atoms with Crippen LogP contribution in [0.2, 0.25) is 0 Å². The van der Waals surface area contributed by atoms with Gasteiger partial charge in [-0.15, -0.1) is 0 Å². The molecule has 0 spiro atoms. The van der Waals surface area contributed by atoms with E-state index >= 15 is 0 Å². The van der Waals surface area contributed by atoms with Gasteiger partial charge in [0.2, 0.25) is 5.91 Å². The number of hydrogen-bond donors (Lipinski definition) is 1. The Kier molecular flexibility index (Phi) is 4.02. The van der Waals surface area contributed by atoms with Crippen molar-refractivity contribution >= 4 is 17.4 Å². The Morgan fingerprint density at radius 3 is 2.64 bits per heavy atom. The molecule has 2 aromatic rings. The van der Waals surface area contributed by atoms with Crippen molar-refractivity contribution in [2.75, 3.05) is 23.3 Å². The molecule has 1 aromatic carbocycles. The highest BCUT2D eigenvalue weighted by Crippen LogP contribution is 2.40. The maximum absolute atomic E-state index is 12.2. The largest absolute Gasteiger partial charge is 0.372 e. The van der Waals surface area contributed by atoms with Crippen LogP contribution in [-0.4, -0.2) is 28.8 Å². The van der Waals surface area contributed by atoms with Gasteiger partial charge in [-0.1, -0.05) is 6.07 Å². The van der Waals surface area contributed by atoms with E-state index < -0.39 is 0 Å². The van der Waals surface area contributed by atoms with Crippen LogP contribution in [0.25, 0.3) is 0 Å². The van der Waals surface area contributed by atoms with Gasteiger partial charge in [0.15, 0.2) is 0 Å². The number of hydrogen-bond acceptors (Lipinski definition) is 3. The molecule has 1 fully saturated rings. The standard InChI is InChI=1S/C20H26N4O/c1-13-11-15(24-9-5-4-6-10-24)7-8-16(13)17-12-18(25)21-20-19(17)14(2)22-23(20)3/h7-8,11,17H,4-6,9-10,12H2,1-3H3,(H,21,25). The average Bonchev–Trinajstić information content (AvgIpc) is 2.89. The van der Waals surface area contributed by atoms with E-state index in [1.165, 1.54) is 36.1 Å². The van der Waals surface area contributed by atoms with Crippen LogP contribution < -0.4 is 10.2 Å². The highest BCUT2D eigenvalue weighted by molar-refractivity contribution is 5.94. The SMILES string of the molecule is Cc1cc(N2CCCCC2)ccc1C1CC(=O)Nc2c1c(C)nn2C. The van der Waals surface area contributed by atoms with Gasteiger partial charge in [0, 0.05) is 43.7 Å². The predicted molar refractivity (Wildman–Crippen MR) is 100 cm³/mol. The minimum atomic E-state index is 0.0695. The van der Waals surface area contributed by atoms with E-state index in [0.717, 1.165) is 30.2 Å². The number of nitrogens with zero attached hydrogens (tertiary/aromatic N) is 3. The van der Waals surface area contributed by atoms with E-state index in [4.69, 9.17) is 0 Å². The molecule has 1 amide bonds. The number of anilines is 2. The van der Waals surface area contributed by atoms with Gasteiger partial charge in [-0.25, -0.2) is 0 Å². The van der Waals surface area contributed by atoms with Crippen LogP contribution in [0.15, 0.2) is 18.2 Å². The molecule has 5 nitrogen and oxygen atoms in total. The molecule has 1 unspecified atom stereocenters. The van der Waals surface area contributed by atoms with Gasteiger partial charge in [0.05, 0.1) is 5.69 Å². The van der Waals surface area contributed by atoms with E-state index in [-0.39, 0.29) is 11.8 Å². The molecule has 132 valence electrons. The second-order valence-corrected chi connectivity index (χ2v) is 7.36. The van der Waals surface area contributed by atoms with Gasteiger partial charge in [0.1, 0.15) is 5.82 Å². The van der Waals surface area contributed by atoms with Crippen molar-refractivity contribution in [3.63, 3.8) is 0 Å². The van der Waals surface area contributed by atoms with Crippen LogP contribution in [0, 0.1) is 13.8 Å². The molecule has 3 heterocycles. The molecule has 2 aliphatic heterocycles. The molecule has 1 saturated heterocycles. The van der Waals surface area contributed by atoms with Crippen LogP contribution in [0.5, 0.6) is 0 Å². The molecule has 1 N–H and O–H groups in total. The van der Waals surface area contributed by atoms with Crippen molar-refractivity contribution < 1.29 is 4.79 Å². The first kappa shape index (κ1) is 16.2. The number of aromatic nitrogens is 2. The monoisotopic (exact) mass is 338 g/mol. The minimum absolute atomic E-state index is 0.0695. The summed E-state index contributed by atoms with van der Waals surface area (Å²) < 4.78 is 1.78. The van der Waals surface area contributed by atoms with Crippen molar-refractivity contribution in [1.29, 1.82) is 0 Å². The van der Waals surface area contributed by atoms with Crippen LogP contribution in [0.1, 0.15) is 54.0 Å². The zero-order valence-electron chi connectivity index (χ0n) is 15.3. The fourth-order valence-corrected chi connectivity index (χ4v) is 4.38. The molecule has 1 aromatic heterocycles. The summed E-state index contributed by atoms with van der Waals surface area (Å²) in [4.78, 5) is 14.7. The van der Waals surface area contributed by atoms with E-state index in [1.54, 1.807) is 4.68 Å². The number of carbonyl (C=O) groups is 1. The predicted octanol–water partition coefficient (Wildman–Crippen LogP) is 3.50. The number of nitrogens with one attached hydrogen (secondary N) is 1. The minimum Gasteiger partial charge on any atom is -0.372 e. The molecule has 0 bridgehead atoms. The Morgan fingerprint density at radius 1 is 1.16 bits per heavy atom. The fraction of sp³-hybridized carbons (Fsp3) is 0.500.